The van der Waals surface area contributed by atoms with Gasteiger partial charge in [-0.3, -0.25) is 14.9 Å². The molecule has 0 fully saturated rings. The van der Waals surface area contributed by atoms with Crippen molar-refractivity contribution in [2.45, 2.75) is 26.4 Å². The van der Waals surface area contributed by atoms with Gasteiger partial charge in [0.05, 0.1) is 4.92 Å². The fourth-order valence-electron chi connectivity index (χ4n) is 2.25. The first-order valence-electron chi connectivity index (χ1n) is 7.61. The number of esters is 1. The van der Waals surface area contributed by atoms with Gasteiger partial charge in [-0.1, -0.05) is 42.8 Å². The number of nitro groups is 1. The number of hydrogen-bond acceptors (Lipinski definition) is 5. The van der Waals surface area contributed by atoms with Crippen LogP contribution in [-0.4, -0.2) is 22.8 Å². The highest BCUT2D eigenvalue weighted by Gasteiger charge is 2.26. The van der Waals surface area contributed by atoms with Crippen molar-refractivity contribution in [1.82, 2.24) is 0 Å². The topological polar surface area (TPSA) is 86.5 Å². The highest BCUT2D eigenvalue weighted by molar-refractivity contribution is 6.31. The molecule has 6 nitrogen and oxygen atoms in total. The zero-order valence-corrected chi connectivity index (χ0v) is 14.4. The van der Waals surface area contributed by atoms with Crippen LogP contribution in [0.1, 0.15) is 40.1 Å². The average molecular weight is 362 g/mol. The molecule has 0 aliphatic rings. The number of nitro benzene ring substituents is 1. The second kappa shape index (κ2) is 7.90. The third kappa shape index (κ3) is 4.42. The van der Waals surface area contributed by atoms with Crippen molar-refractivity contribution in [2.24, 2.45) is 0 Å². The van der Waals surface area contributed by atoms with E-state index in [4.69, 9.17) is 16.3 Å². The Morgan fingerprint density at radius 1 is 1.20 bits per heavy atom. The van der Waals surface area contributed by atoms with Crippen molar-refractivity contribution in [2.75, 3.05) is 0 Å². The average Bonchev–Trinajstić information content (AvgIpc) is 2.60. The molecule has 0 N–H and O–H groups in total. The molecular formula is C18H16ClNO5. The molecule has 0 radical (unpaired) electrons. The van der Waals surface area contributed by atoms with Crippen LogP contribution in [0.2, 0.25) is 5.02 Å². The lowest BCUT2D eigenvalue weighted by atomic mass is 10.0. The lowest BCUT2D eigenvalue weighted by Crippen LogP contribution is -2.24. The molecule has 0 aromatic heterocycles. The fraction of sp³-hybridized carbons (Fsp3) is 0.222. The summed E-state index contributed by atoms with van der Waals surface area (Å²) in [6.07, 6.45) is -0.240. The highest BCUT2D eigenvalue weighted by atomic mass is 35.5. The van der Waals surface area contributed by atoms with Crippen molar-refractivity contribution in [3.63, 3.8) is 0 Å². The maximum absolute atomic E-state index is 12.4. The van der Waals surface area contributed by atoms with Gasteiger partial charge in [-0.2, -0.15) is 0 Å². The van der Waals surface area contributed by atoms with Gasteiger partial charge in [0.1, 0.15) is 5.56 Å². The number of benzene rings is 2. The van der Waals surface area contributed by atoms with Crippen LogP contribution in [0.25, 0.3) is 0 Å². The molecule has 0 heterocycles. The second-order valence-corrected chi connectivity index (χ2v) is 5.82. The SMILES string of the molecule is CCc1ccc(C(=O)[C@H](C)OC(=O)c2cc(Cl)ccc2[N+](=O)[O-])cc1. The minimum atomic E-state index is -1.08. The molecule has 0 saturated carbocycles. The third-order valence-corrected chi connectivity index (χ3v) is 3.91. The van der Waals surface area contributed by atoms with Gasteiger partial charge in [0.2, 0.25) is 5.78 Å². The summed E-state index contributed by atoms with van der Waals surface area (Å²) in [5.74, 6) is -1.36. The van der Waals surface area contributed by atoms with Gasteiger partial charge in [0.25, 0.3) is 5.69 Å². The van der Waals surface area contributed by atoms with Gasteiger partial charge in [-0.25, -0.2) is 4.79 Å². The van der Waals surface area contributed by atoms with Crippen LogP contribution in [0, 0.1) is 10.1 Å². The zero-order chi connectivity index (χ0) is 18.6. The molecular weight excluding hydrogens is 346 g/mol. The van der Waals surface area contributed by atoms with Gasteiger partial charge in [-0.15, -0.1) is 0 Å². The van der Waals surface area contributed by atoms with Gasteiger partial charge < -0.3 is 4.74 Å². The van der Waals surface area contributed by atoms with Crippen LogP contribution in [0.4, 0.5) is 5.69 Å². The van der Waals surface area contributed by atoms with E-state index >= 15 is 0 Å². The van der Waals surface area contributed by atoms with Gasteiger partial charge in [0, 0.05) is 16.7 Å². The predicted molar refractivity (Wildman–Crippen MR) is 93.1 cm³/mol. The normalized spacial score (nSPS) is 11.6. The van der Waals surface area contributed by atoms with E-state index < -0.39 is 22.7 Å². The third-order valence-electron chi connectivity index (χ3n) is 3.67. The molecule has 25 heavy (non-hydrogen) atoms. The number of rotatable bonds is 6. The minimum absolute atomic E-state index is 0.159. The van der Waals surface area contributed by atoms with E-state index in [1.54, 1.807) is 12.1 Å². The monoisotopic (exact) mass is 361 g/mol. The van der Waals surface area contributed by atoms with E-state index in [1.165, 1.54) is 13.0 Å². The van der Waals surface area contributed by atoms with E-state index in [9.17, 15) is 19.7 Å². The number of hydrogen-bond donors (Lipinski definition) is 0. The molecule has 1 atom stereocenters. The lowest BCUT2D eigenvalue weighted by molar-refractivity contribution is -0.385. The van der Waals surface area contributed by atoms with Crippen molar-refractivity contribution in [1.29, 1.82) is 0 Å². The number of nitrogens with zero attached hydrogens (tertiary/aromatic N) is 1. The first-order chi connectivity index (χ1) is 11.8. The summed E-state index contributed by atoms with van der Waals surface area (Å²) in [6.45, 7) is 3.42. The Hall–Kier alpha value is -2.73. The van der Waals surface area contributed by atoms with Crippen molar-refractivity contribution < 1.29 is 19.2 Å². The van der Waals surface area contributed by atoms with E-state index in [0.29, 0.717) is 5.56 Å². The molecule has 0 unspecified atom stereocenters. The Morgan fingerprint density at radius 2 is 1.84 bits per heavy atom. The molecule has 0 aliphatic heterocycles. The van der Waals surface area contributed by atoms with Gasteiger partial charge in [0.15, 0.2) is 6.10 Å². The van der Waals surface area contributed by atoms with Gasteiger partial charge >= 0.3 is 5.97 Å². The molecule has 2 aromatic carbocycles. The van der Waals surface area contributed by atoms with E-state index in [1.807, 2.05) is 19.1 Å². The Balaban J connectivity index is 2.18. The van der Waals surface area contributed by atoms with E-state index in [2.05, 4.69) is 0 Å². The summed E-state index contributed by atoms with van der Waals surface area (Å²) < 4.78 is 5.10. The number of carbonyl (C=O) groups excluding carboxylic acids is 2. The Morgan fingerprint density at radius 3 is 2.40 bits per heavy atom. The highest BCUT2D eigenvalue weighted by Crippen LogP contribution is 2.24. The van der Waals surface area contributed by atoms with Crippen molar-refractivity contribution >= 4 is 29.0 Å². The Bertz CT molecular complexity index is 817. The number of aryl methyl sites for hydroxylation is 1. The molecule has 0 bridgehead atoms. The maximum atomic E-state index is 12.4. The standard InChI is InChI=1S/C18H16ClNO5/c1-3-12-4-6-13(7-5-12)17(21)11(2)25-18(22)15-10-14(19)8-9-16(15)20(23)24/h4-11H,3H2,1-2H3/t11-/m0/s1. The van der Waals surface area contributed by atoms with E-state index in [0.717, 1.165) is 24.1 Å². The second-order valence-electron chi connectivity index (χ2n) is 5.38. The summed E-state index contributed by atoms with van der Waals surface area (Å²) in [7, 11) is 0. The summed E-state index contributed by atoms with van der Waals surface area (Å²) in [6, 6.07) is 10.5. The first-order valence-corrected chi connectivity index (χ1v) is 7.99. The molecule has 2 aromatic rings. The minimum Gasteiger partial charge on any atom is -0.450 e. The number of Topliss-reactive ketones (excluding diaryl/α,β-unsaturated/α-hetero) is 1. The molecule has 0 saturated heterocycles. The Kier molecular flexibility index (Phi) is 5.88. The zero-order valence-electron chi connectivity index (χ0n) is 13.7. The molecule has 130 valence electrons. The summed E-state index contributed by atoms with van der Waals surface area (Å²) in [5.41, 5.74) is 0.758. The van der Waals surface area contributed by atoms with Crippen molar-refractivity contribution in [3.8, 4) is 0 Å². The van der Waals surface area contributed by atoms with Crippen LogP contribution in [-0.2, 0) is 11.2 Å². The number of carbonyl (C=O) groups is 2. The van der Waals surface area contributed by atoms with Crippen LogP contribution < -0.4 is 0 Å². The predicted octanol–water partition coefficient (Wildman–Crippen LogP) is 4.24. The molecule has 0 aliphatic carbocycles. The quantitative estimate of drug-likeness (QED) is 0.332. The van der Waals surface area contributed by atoms with Crippen LogP contribution in [0.5, 0.6) is 0 Å². The lowest BCUT2D eigenvalue weighted by Gasteiger charge is -2.13. The van der Waals surface area contributed by atoms with Crippen LogP contribution in [0.3, 0.4) is 0 Å². The molecule has 2 rings (SSSR count). The molecule has 7 heteroatoms. The van der Waals surface area contributed by atoms with Crippen molar-refractivity contribution in [3.05, 3.63) is 74.3 Å². The largest absolute Gasteiger partial charge is 0.450 e. The smallest absolute Gasteiger partial charge is 0.345 e. The first kappa shape index (κ1) is 18.6. The maximum Gasteiger partial charge on any atom is 0.345 e. The van der Waals surface area contributed by atoms with Crippen LogP contribution in [0.15, 0.2) is 42.5 Å². The number of ketones is 1. The Labute approximate surface area is 149 Å². The molecule has 0 amide bonds. The summed E-state index contributed by atoms with van der Waals surface area (Å²) in [5, 5.41) is 11.2. The van der Waals surface area contributed by atoms with E-state index in [-0.39, 0.29) is 16.4 Å². The summed E-state index contributed by atoms with van der Waals surface area (Å²) >= 11 is 5.79. The number of halogens is 1. The van der Waals surface area contributed by atoms with Gasteiger partial charge in [-0.05, 0) is 31.0 Å². The number of ether oxygens (including phenoxy) is 1. The summed E-state index contributed by atoms with van der Waals surface area (Å²) in [4.78, 5) is 34.9. The fourth-order valence-corrected chi connectivity index (χ4v) is 2.42. The molecule has 0 spiro atoms. The van der Waals surface area contributed by atoms with Crippen LogP contribution >= 0.6 is 11.6 Å².